The van der Waals surface area contributed by atoms with Crippen LogP contribution in [0.2, 0.25) is 5.02 Å². The number of halogens is 1. The highest BCUT2D eigenvalue weighted by Crippen LogP contribution is 2.37. The van der Waals surface area contributed by atoms with Crippen LogP contribution in [-0.4, -0.2) is 6.54 Å². The molecule has 1 atom stereocenters. The van der Waals surface area contributed by atoms with Crippen molar-refractivity contribution in [2.45, 2.75) is 26.3 Å². The summed E-state index contributed by atoms with van der Waals surface area (Å²) >= 11 is 9.90. The Kier molecular flexibility index (Phi) is 4.62. The van der Waals surface area contributed by atoms with Gasteiger partial charge in [-0.2, -0.15) is 0 Å². The van der Waals surface area contributed by atoms with E-state index in [0.29, 0.717) is 0 Å². The Morgan fingerprint density at radius 2 is 2.24 bits per heavy atom. The lowest BCUT2D eigenvalue weighted by Gasteiger charge is -2.16. The van der Waals surface area contributed by atoms with Crippen LogP contribution in [0, 0.1) is 6.92 Å². The highest BCUT2D eigenvalue weighted by molar-refractivity contribution is 7.12. The van der Waals surface area contributed by atoms with Gasteiger partial charge in [-0.25, -0.2) is 0 Å². The van der Waals surface area contributed by atoms with Crippen molar-refractivity contribution < 1.29 is 0 Å². The SMILES string of the molecule is CCCNC(c1cccs1)c1scc(C)c1Cl. The molecule has 0 fully saturated rings. The molecule has 0 radical (unpaired) electrons. The molecule has 1 N–H and O–H groups in total. The third-order valence-electron chi connectivity index (χ3n) is 2.61. The lowest BCUT2D eigenvalue weighted by Crippen LogP contribution is -2.21. The molecule has 1 nitrogen and oxygen atoms in total. The predicted octanol–water partition coefficient (Wildman–Crippen LogP) is 4.86. The summed E-state index contributed by atoms with van der Waals surface area (Å²) in [4.78, 5) is 2.57. The van der Waals surface area contributed by atoms with Crippen LogP contribution in [-0.2, 0) is 0 Å². The highest BCUT2D eigenvalue weighted by atomic mass is 35.5. The summed E-state index contributed by atoms with van der Waals surface area (Å²) in [6.45, 7) is 5.25. The Balaban J connectivity index is 2.30. The van der Waals surface area contributed by atoms with E-state index in [0.717, 1.165) is 18.0 Å². The second kappa shape index (κ2) is 6.01. The molecule has 0 spiro atoms. The molecule has 1 unspecified atom stereocenters. The predicted molar refractivity (Wildman–Crippen MR) is 78.5 cm³/mol. The third-order valence-corrected chi connectivity index (χ3v) is 5.33. The minimum absolute atomic E-state index is 0.251. The summed E-state index contributed by atoms with van der Waals surface area (Å²) in [6.07, 6.45) is 1.13. The van der Waals surface area contributed by atoms with Crippen molar-refractivity contribution in [3.8, 4) is 0 Å². The molecule has 0 saturated carbocycles. The van der Waals surface area contributed by atoms with E-state index in [1.807, 2.05) is 0 Å². The van der Waals surface area contributed by atoms with E-state index in [-0.39, 0.29) is 6.04 Å². The van der Waals surface area contributed by atoms with E-state index >= 15 is 0 Å². The van der Waals surface area contributed by atoms with Gasteiger partial charge in [0.1, 0.15) is 0 Å². The quantitative estimate of drug-likeness (QED) is 0.827. The van der Waals surface area contributed by atoms with Crippen molar-refractivity contribution in [2.75, 3.05) is 6.54 Å². The minimum atomic E-state index is 0.251. The normalized spacial score (nSPS) is 12.9. The van der Waals surface area contributed by atoms with Gasteiger partial charge in [0, 0.05) is 9.75 Å². The Morgan fingerprint density at radius 1 is 1.41 bits per heavy atom. The second-order valence-electron chi connectivity index (χ2n) is 4.00. The lowest BCUT2D eigenvalue weighted by molar-refractivity contribution is 0.613. The standard InChI is InChI=1S/C13H16ClNS2/c1-3-6-15-12(10-5-4-7-16-10)13-11(14)9(2)8-17-13/h4-5,7-8,12,15H,3,6H2,1-2H3. The van der Waals surface area contributed by atoms with E-state index in [2.05, 4.69) is 42.1 Å². The van der Waals surface area contributed by atoms with E-state index < -0.39 is 0 Å². The summed E-state index contributed by atoms with van der Waals surface area (Å²) in [5.41, 5.74) is 1.17. The first-order valence-electron chi connectivity index (χ1n) is 5.74. The van der Waals surface area contributed by atoms with Crippen LogP contribution in [0.15, 0.2) is 22.9 Å². The van der Waals surface area contributed by atoms with Gasteiger partial charge in [0.15, 0.2) is 0 Å². The molecular weight excluding hydrogens is 270 g/mol. The van der Waals surface area contributed by atoms with Crippen LogP contribution in [0.25, 0.3) is 0 Å². The Morgan fingerprint density at radius 3 is 2.76 bits per heavy atom. The van der Waals surface area contributed by atoms with Gasteiger partial charge >= 0.3 is 0 Å². The molecule has 2 heterocycles. The molecule has 0 bridgehead atoms. The average molecular weight is 286 g/mol. The van der Waals surface area contributed by atoms with Gasteiger partial charge in [-0.05, 0) is 42.3 Å². The average Bonchev–Trinajstić information content (AvgIpc) is 2.94. The highest BCUT2D eigenvalue weighted by Gasteiger charge is 2.19. The molecule has 2 aromatic rings. The molecule has 2 rings (SSSR count). The summed E-state index contributed by atoms with van der Waals surface area (Å²) in [5.74, 6) is 0. The maximum absolute atomic E-state index is 6.37. The van der Waals surface area contributed by atoms with Crippen molar-refractivity contribution in [2.24, 2.45) is 0 Å². The van der Waals surface area contributed by atoms with Gasteiger partial charge in [-0.3, -0.25) is 0 Å². The summed E-state index contributed by atoms with van der Waals surface area (Å²) in [5, 5.41) is 8.74. The number of hydrogen-bond donors (Lipinski definition) is 1. The van der Waals surface area contributed by atoms with Crippen molar-refractivity contribution in [3.63, 3.8) is 0 Å². The molecule has 92 valence electrons. The molecule has 0 amide bonds. The van der Waals surface area contributed by atoms with Gasteiger partial charge < -0.3 is 5.32 Å². The van der Waals surface area contributed by atoms with Crippen LogP contribution in [0.4, 0.5) is 0 Å². The van der Waals surface area contributed by atoms with Crippen LogP contribution < -0.4 is 5.32 Å². The Hall–Kier alpha value is -0.350. The zero-order valence-electron chi connectivity index (χ0n) is 10.00. The fourth-order valence-corrected chi connectivity index (χ4v) is 3.99. The first-order valence-corrected chi connectivity index (χ1v) is 7.88. The van der Waals surface area contributed by atoms with Gasteiger partial charge in [-0.1, -0.05) is 24.6 Å². The van der Waals surface area contributed by atoms with Crippen molar-refractivity contribution in [1.82, 2.24) is 5.32 Å². The van der Waals surface area contributed by atoms with E-state index in [4.69, 9.17) is 11.6 Å². The van der Waals surface area contributed by atoms with E-state index in [1.54, 1.807) is 22.7 Å². The maximum atomic E-state index is 6.37. The number of aryl methyl sites for hydroxylation is 1. The van der Waals surface area contributed by atoms with Gasteiger partial charge in [-0.15, -0.1) is 22.7 Å². The fourth-order valence-electron chi connectivity index (χ4n) is 1.71. The van der Waals surface area contributed by atoms with E-state index in [9.17, 15) is 0 Å². The molecule has 0 aromatic carbocycles. The second-order valence-corrected chi connectivity index (χ2v) is 6.27. The fraction of sp³-hybridized carbons (Fsp3) is 0.385. The summed E-state index contributed by atoms with van der Waals surface area (Å²) in [6, 6.07) is 4.51. The van der Waals surface area contributed by atoms with Gasteiger partial charge in [0.25, 0.3) is 0 Å². The monoisotopic (exact) mass is 285 g/mol. The van der Waals surface area contributed by atoms with Crippen molar-refractivity contribution in [3.05, 3.63) is 43.2 Å². The Bertz CT molecular complexity index is 462. The van der Waals surface area contributed by atoms with Crippen LogP contribution in [0.5, 0.6) is 0 Å². The molecule has 0 saturated heterocycles. The van der Waals surface area contributed by atoms with Gasteiger partial charge in [0.05, 0.1) is 11.1 Å². The zero-order valence-corrected chi connectivity index (χ0v) is 12.4. The summed E-state index contributed by atoms with van der Waals surface area (Å²) < 4.78 is 0. The number of hydrogen-bond acceptors (Lipinski definition) is 3. The summed E-state index contributed by atoms with van der Waals surface area (Å²) in [7, 11) is 0. The van der Waals surface area contributed by atoms with Crippen LogP contribution in [0.3, 0.4) is 0 Å². The lowest BCUT2D eigenvalue weighted by atomic mass is 10.1. The molecule has 0 aliphatic heterocycles. The molecule has 0 aliphatic carbocycles. The largest absolute Gasteiger partial charge is 0.305 e. The van der Waals surface area contributed by atoms with E-state index in [1.165, 1.54) is 15.3 Å². The molecule has 17 heavy (non-hydrogen) atoms. The first-order chi connectivity index (χ1) is 8.24. The van der Waals surface area contributed by atoms with Gasteiger partial charge in [0.2, 0.25) is 0 Å². The Labute approximate surface area is 115 Å². The van der Waals surface area contributed by atoms with Crippen molar-refractivity contribution in [1.29, 1.82) is 0 Å². The molecule has 4 heteroatoms. The minimum Gasteiger partial charge on any atom is -0.305 e. The topological polar surface area (TPSA) is 12.0 Å². The maximum Gasteiger partial charge on any atom is 0.0780 e. The van der Waals surface area contributed by atoms with Crippen LogP contribution >= 0.6 is 34.3 Å². The zero-order chi connectivity index (χ0) is 12.3. The third kappa shape index (κ3) is 2.91. The number of nitrogens with one attached hydrogen (secondary N) is 1. The number of rotatable bonds is 5. The number of thiophene rings is 2. The molecular formula is C13H16ClNS2. The van der Waals surface area contributed by atoms with Crippen molar-refractivity contribution >= 4 is 34.3 Å². The molecule has 0 aliphatic rings. The van der Waals surface area contributed by atoms with Crippen LogP contribution in [0.1, 0.15) is 34.7 Å². The smallest absolute Gasteiger partial charge is 0.0780 e. The molecule has 2 aromatic heterocycles. The first kappa shape index (κ1) is 13.1.